The van der Waals surface area contributed by atoms with Gasteiger partial charge in [-0.1, -0.05) is 32.4 Å². The number of ether oxygens (including phenoxy) is 4. The maximum atomic E-state index is 12.6. The molecule has 0 aromatic carbocycles. The first-order valence-corrected chi connectivity index (χ1v) is 16.7. The Morgan fingerprint density at radius 1 is 0.953 bits per heavy atom. The largest absolute Gasteiger partial charge is 0.396 e. The van der Waals surface area contributed by atoms with Gasteiger partial charge in [-0.05, 0) is 74.5 Å². The van der Waals surface area contributed by atoms with Gasteiger partial charge in [-0.2, -0.15) is 0 Å². The molecule has 10 heteroatoms. The van der Waals surface area contributed by atoms with E-state index in [2.05, 4.69) is 26.8 Å². The summed E-state index contributed by atoms with van der Waals surface area (Å²) in [5.41, 5.74) is 0.201. The summed E-state index contributed by atoms with van der Waals surface area (Å²) in [6.07, 6.45) is 3.45. The average molecular weight is 609 g/mol. The SMILES string of the molecule is C[C@@H]1[C@@]2(CCC(CO)CO2)O[C@H]2C[C@H]3[C@@H]4CC=C5C[C@@H](O[C@@H]6O[C@H](CO)[C@@H](O)[C@H](O)[C@H]6O)CC[C@]5(C)[C@H]4CC[C@]3(C)[C@]21O. The van der Waals surface area contributed by atoms with Crippen LogP contribution in [0, 0.1) is 40.4 Å². The lowest BCUT2D eigenvalue weighted by Crippen LogP contribution is -2.60. The molecule has 10 nitrogen and oxygen atoms in total. The van der Waals surface area contributed by atoms with Crippen molar-refractivity contribution in [2.24, 2.45) is 40.4 Å². The molecule has 0 aromatic heterocycles. The molecule has 1 spiro atoms. The molecule has 3 aliphatic heterocycles. The number of aliphatic hydroxyl groups excluding tert-OH is 5. The van der Waals surface area contributed by atoms with E-state index in [9.17, 15) is 30.6 Å². The van der Waals surface area contributed by atoms with Gasteiger partial charge in [0.05, 0.1) is 25.4 Å². The monoisotopic (exact) mass is 608 g/mol. The number of hydrogen-bond acceptors (Lipinski definition) is 10. The molecule has 1 unspecified atom stereocenters. The fraction of sp³-hybridized carbons (Fsp3) is 0.939. The van der Waals surface area contributed by atoms with Gasteiger partial charge in [0.2, 0.25) is 0 Å². The van der Waals surface area contributed by atoms with Gasteiger partial charge in [-0.3, -0.25) is 0 Å². The number of fused-ring (bicyclic) bond motifs is 7. The standard InChI is InChI=1S/C33H52O10/c1-17-32(11-6-18(14-34)16-40-32)43-25-13-23-21-5-4-19-12-20(41-29-28(38)27(37)26(36)24(15-35)42-29)7-9-30(19,2)22(21)8-10-31(23,3)33(17,25)39/h4,17-18,20-29,34-39H,5-16H2,1-3H3/t17-,18?,20+,21-,22+,23+,24-,25+,26-,27+,28-,29-,30+,31+,32-,33-/m1/s1. The Kier molecular flexibility index (Phi) is 7.70. The van der Waals surface area contributed by atoms with E-state index < -0.39 is 48.7 Å². The molecule has 6 fully saturated rings. The van der Waals surface area contributed by atoms with Crippen LogP contribution in [0.5, 0.6) is 0 Å². The third-order valence-electron chi connectivity index (χ3n) is 13.9. The second-order valence-corrected chi connectivity index (χ2v) is 15.5. The maximum Gasteiger partial charge on any atom is 0.186 e. The summed E-state index contributed by atoms with van der Waals surface area (Å²) in [7, 11) is 0. The van der Waals surface area contributed by atoms with Gasteiger partial charge in [0, 0.05) is 30.3 Å². The van der Waals surface area contributed by atoms with Gasteiger partial charge >= 0.3 is 0 Å². The number of hydrogen-bond donors (Lipinski definition) is 6. The molecular weight excluding hydrogens is 556 g/mol. The molecule has 0 bridgehead atoms. The van der Waals surface area contributed by atoms with Crippen LogP contribution in [0.1, 0.15) is 78.6 Å². The lowest BCUT2D eigenvalue weighted by Gasteiger charge is -2.60. The fourth-order valence-corrected chi connectivity index (χ4v) is 11.1. The van der Waals surface area contributed by atoms with Crippen molar-refractivity contribution >= 4 is 0 Å². The normalized spacial score (nSPS) is 57.9. The first-order valence-electron chi connectivity index (χ1n) is 16.7. The molecule has 6 N–H and O–H groups in total. The van der Waals surface area contributed by atoms with Crippen molar-refractivity contribution in [2.75, 3.05) is 19.8 Å². The average Bonchev–Trinajstić information content (AvgIpc) is 3.36. The Morgan fingerprint density at radius 2 is 1.74 bits per heavy atom. The van der Waals surface area contributed by atoms with E-state index in [4.69, 9.17) is 18.9 Å². The zero-order chi connectivity index (χ0) is 30.5. The van der Waals surface area contributed by atoms with Crippen molar-refractivity contribution < 1.29 is 49.6 Å². The minimum atomic E-state index is -1.44. The maximum absolute atomic E-state index is 12.6. The predicted octanol–water partition coefficient (Wildman–Crippen LogP) is 1.63. The summed E-state index contributed by atoms with van der Waals surface area (Å²) < 4.78 is 24.9. The van der Waals surface area contributed by atoms with E-state index in [0.717, 1.165) is 51.4 Å². The van der Waals surface area contributed by atoms with Crippen LogP contribution in [0.15, 0.2) is 11.6 Å². The highest BCUT2D eigenvalue weighted by molar-refractivity contribution is 5.29. The highest BCUT2D eigenvalue weighted by Crippen LogP contribution is 2.72. The summed E-state index contributed by atoms with van der Waals surface area (Å²) in [6.45, 7) is 6.94. The molecule has 244 valence electrons. The van der Waals surface area contributed by atoms with Crippen molar-refractivity contribution in [3.63, 3.8) is 0 Å². The van der Waals surface area contributed by atoms with E-state index >= 15 is 0 Å². The van der Waals surface area contributed by atoms with E-state index in [1.807, 2.05) is 0 Å². The van der Waals surface area contributed by atoms with E-state index in [1.54, 1.807) is 0 Å². The third kappa shape index (κ3) is 4.27. The molecule has 43 heavy (non-hydrogen) atoms. The summed E-state index contributed by atoms with van der Waals surface area (Å²) >= 11 is 0. The molecule has 4 aliphatic carbocycles. The Bertz CT molecular complexity index is 1090. The van der Waals surface area contributed by atoms with Crippen LogP contribution in [0.3, 0.4) is 0 Å². The van der Waals surface area contributed by atoms with Crippen LogP contribution in [0.25, 0.3) is 0 Å². The van der Waals surface area contributed by atoms with Crippen LogP contribution < -0.4 is 0 Å². The molecule has 16 atom stereocenters. The van der Waals surface area contributed by atoms with Crippen LogP contribution in [-0.2, 0) is 18.9 Å². The van der Waals surface area contributed by atoms with E-state index in [1.165, 1.54) is 5.57 Å². The van der Waals surface area contributed by atoms with Gasteiger partial charge in [0.25, 0.3) is 0 Å². The number of rotatable bonds is 4. The number of allylic oxidation sites excluding steroid dienone is 1. The first kappa shape index (κ1) is 31.0. The van der Waals surface area contributed by atoms with Crippen LogP contribution in [-0.4, -0.2) is 105 Å². The Balaban J connectivity index is 1.07. The van der Waals surface area contributed by atoms with Crippen molar-refractivity contribution in [3.05, 3.63) is 11.6 Å². The molecule has 7 aliphatic rings. The first-order chi connectivity index (χ1) is 20.4. The second kappa shape index (κ2) is 10.7. The lowest BCUT2D eigenvalue weighted by molar-refractivity contribution is -0.313. The quantitative estimate of drug-likeness (QED) is 0.259. The minimum Gasteiger partial charge on any atom is -0.396 e. The van der Waals surface area contributed by atoms with Gasteiger partial charge in [-0.25, -0.2) is 0 Å². The van der Waals surface area contributed by atoms with Crippen LogP contribution in [0.2, 0.25) is 0 Å². The molecule has 0 amide bonds. The van der Waals surface area contributed by atoms with Crippen molar-refractivity contribution in [1.82, 2.24) is 0 Å². The van der Waals surface area contributed by atoms with Crippen LogP contribution in [0.4, 0.5) is 0 Å². The molecule has 3 heterocycles. The van der Waals surface area contributed by atoms with E-state index in [0.29, 0.717) is 30.8 Å². The van der Waals surface area contributed by atoms with Crippen molar-refractivity contribution in [3.8, 4) is 0 Å². The molecule has 3 saturated carbocycles. The summed E-state index contributed by atoms with van der Waals surface area (Å²) in [5.74, 6) is 0.548. The van der Waals surface area contributed by atoms with Gasteiger partial charge in [-0.15, -0.1) is 0 Å². The Labute approximate surface area is 254 Å². The Hall–Kier alpha value is -0.660. The number of aliphatic hydroxyl groups is 6. The molecular formula is C33H52O10. The van der Waals surface area contributed by atoms with Gasteiger partial charge in [0.1, 0.15) is 30.0 Å². The zero-order valence-electron chi connectivity index (χ0n) is 25.8. The van der Waals surface area contributed by atoms with Gasteiger partial charge < -0.3 is 49.6 Å². The molecule has 3 saturated heterocycles. The summed E-state index contributed by atoms with van der Waals surface area (Å²) in [4.78, 5) is 0. The highest BCUT2D eigenvalue weighted by atomic mass is 16.7. The smallest absolute Gasteiger partial charge is 0.186 e. The van der Waals surface area contributed by atoms with Crippen LogP contribution >= 0.6 is 0 Å². The highest BCUT2D eigenvalue weighted by Gasteiger charge is 2.76. The second-order valence-electron chi connectivity index (χ2n) is 15.5. The molecule has 0 radical (unpaired) electrons. The predicted molar refractivity (Wildman–Crippen MR) is 153 cm³/mol. The van der Waals surface area contributed by atoms with Crippen molar-refractivity contribution in [1.29, 1.82) is 0 Å². The Morgan fingerprint density at radius 3 is 2.44 bits per heavy atom. The zero-order valence-corrected chi connectivity index (χ0v) is 25.8. The third-order valence-corrected chi connectivity index (χ3v) is 13.9. The van der Waals surface area contributed by atoms with Gasteiger partial charge in [0.15, 0.2) is 12.1 Å². The molecule has 0 aromatic rings. The molecule has 7 rings (SSSR count). The lowest BCUT2D eigenvalue weighted by atomic mass is 9.46. The topological polar surface area (TPSA) is 158 Å². The fourth-order valence-electron chi connectivity index (χ4n) is 11.1. The summed E-state index contributed by atoms with van der Waals surface area (Å²) in [6, 6.07) is 0. The van der Waals surface area contributed by atoms with Crippen molar-refractivity contribution in [2.45, 2.75) is 133 Å². The minimum absolute atomic E-state index is 0.0271. The summed E-state index contributed by atoms with van der Waals surface area (Å²) in [5, 5.41) is 62.6. The van der Waals surface area contributed by atoms with E-state index in [-0.39, 0.29) is 41.5 Å².